The van der Waals surface area contributed by atoms with Gasteiger partial charge in [-0.05, 0) is 78.2 Å². The Morgan fingerprint density at radius 1 is 1.00 bits per heavy atom. The molecule has 0 unspecified atom stereocenters. The van der Waals surface area contributed by atoms with Gasteiger partial charge in [0.05, 0.1) is 11.4 Å². The number of aromatic nitrogens is 1. The Labute approximate surface area is 219 Å². The number of rotatable bonds is 6. The summed E-state index contributed by atoms with van der Waals surface area (Å²) in [4.78, 5) is 32.2. The van der Waals surface area contributed by atoms with Crippen LogP contribution < -0.4 is 20.5 Å². The lowest BCUT2D eigenvalue weighted by Gasteiger charge is -2.05. The van der Waals surface area contributed by atoms with E-state index in [4.69, 9.17) is 20.2 Å². The molecule has 1 aliphatic heterocycles. The maximum absolute atomic E-state index is 13.0. The van der Waals surface area contributed by atoms with Crippen molar-refractivity contribution in [2.24, 2.45) is 0 Å². The van der Waals surface area contributed by atoms with E-state index in [1.165, 1.54) is 11.3 Å². The molecule has 0 saturated carbocycles. The Morgan fingerprint density at radius 2 is 1.84 bits per heavy atom. The first-order valence-electron chi connectivity index (χ1n) is 11.3. The van der Waals surface area contributed by atoms with Crippen molar-refractivity contribution < 1.29 is 19.1 Å². The summed E-state index contributed by atoms with van der Waals surface area (Å²) in [7, 11) is 0. The number of fused-ring (bicyclic) bond motifs is 2. The van der Waals surface area contributed by atoms with Crippen LogP contribution in [0.25, 0.3) is 27.6 Å². The summed E-state index contributed by atoms with van der Waals surface area (Å²) in [5.74, 6) is 0.943. The number of carbonyl (C=O) groups excluding carboxylic acids is 2. The van der Waals surface area contributed by atoms with Crippen molar-refractivity contribution >= 4 is 62.0 Å². The van der Waals surface area contributed by atoms with Gasteiger partial charge in [-0.25, -0.2) is 4.98 Å². The van der Waals surface area contributed by atoms with Crippen LogP contribution in [0.1, 0.15) is 24.9 Å². The number of hydrogen-bond donors (Lipinski definition) is 2. The van der Waals surface area contributed by atoms with Gasteiger partial charge in [-0.1, -0.05) is 6.07 Å². The van der Waals surface area contributed by atoms with E-state index in [1.54, 1.807) is 47.8 Å². The molecule has 1 aliphatic rings. The number of ether oxygens (including phenoxy) is 2. The molecule has 0 fully saturated rings. The molecular formula is C28H19N3O4S2. The Kier molecular flexibility index (Phi) is 5.91. The highest BCUT2D eigenvalue weighted by Crippen LogP contribution is 2.38. The minimum absolute atomic E-state index is 0.107. The number of nitrogen functional groups attached to an aromatic ring is 1. The van der Waals surface area contributed by atoms with Crippen LogP contribution in [-0.4, -0.2) is 23.5 Å². The third kappa shape index (κ3) is 4.57. The first-order valence-corrected chi connectivity index (χ1v) is 13.0. The molecule has 3 N–H and O–H groups in total. The van der Waals surface area contributed by atoms with Crippen LogP contribution in [0.2, 0.25) is 0 Å². The first kappa shape index (κ1) is 23.0. The van der Waals surface area contributed by atoms with E-state index in [1.807, 2.05) is 47.8 Å². The summed E-state index contributed by atoms with van der Waals surface area (Å²) in [5, 5.41) is 5.54. The van der Waals surface area contributed by atoms with Crippen LogP contribution in [0.15, 0.2) is 78.2 Å². The molecule has 182 valence electrons. The number of amides is 1. The third-order valence-corrected chi connectivity index (χ3v) is 7.79. The van der Waals surface area contributed by atoms with Crippen molar-refractivity contribution in [3.05, 3.63) is 93.5 Å². The first-order chi connectivity index (χ1) is 18.0. The largest absolute Gasteiger partial charge is 0.454 e. The average molecular weight is 526 g/mol. The third-order valence-electron chi connectivity index (χ3n) is 5.84. The molecule has 4 heterocycles. The fourth-order valence-electron chi connectivity index (χ4n) is 3.93. The molecule has 6 rings (SSSR count). The van der Waals surface area contributed by atoms with Crippen molar-refractivity contribution in [1.29, 1.82) is 0 Å². The zero-order valence-electron chi connectivity index (χ0n) is 19.3. The lowest BCUT2D eigenvalue weighted by atomic mass is 10.1. The van der Waals surface area contributed by atoms with Gasteiger partial charge >= 0.3 is 0 Å². The van der Waals surface area contributed by atoms with Crippen molar-refractivity contribution in [3.63, 3.8) is 0 Å². The summed E-state index contributed by atoms with van der Waals surface area (Å²) in [6.07, 6.45) is 3.33. The molecule has 37 heavy (non-hydrogen) atoms. The zero-order chi connectivity index (χ0) is 25.4. The highest BCUT2D eigenvalue weighted by molar-refractivity contribution is 7.21. The summed E-state index contributed by atoms with van der Waals surface area (Å²) in [6.45, 7) is 0.205. The summed E-state index contributed by atoms with van der Waals surface area (Å²) in [6, 6.07) is 20.0. The number of anilines is 2. The molecule has 7 nitrogen and oxygen atoms in total. The molecule has 9 heteroatoms. The molecule has 5 aromatic rings. The van der Waals surface area contributed by atoms with Gasteiger partial charge in [-0.2, -0.15) is 0 Å². The number of benzene rings is 2. The predicted molar refractivity (Wildman–Crippen MR) is 148 cm³/mol. The van der Waals surface area contributed by atoms with E-state index >= 15 is 0 Å². The number of ketones is 1. The van der Waals surface area contributed by atoms with Crippen LogP contribution in [0.4, 0.5) is 11.4 Å². The zero-order valence-corrected chi connectivity index (χ0v) is 20.9. The fraction of sp³-hybridized carbons (Fsp3) is 0.0357. The smallest absolute Gasteiger partial charge is 0.267 e. The minimum atomic E-state index is -0.332. The number of nitrogens with two attached hydrogens (primary N) is 1. The number of allylic oxidation sites excluding steroid dienone is 1. The second-order valence-electron chi connectivity index (χ2n) is 8.21. The molecule has 1 amide bonds. The molecule has 0 bridgehead atoms. The lowest BCUT2D eigenvalue weighted by molar-refractivity contribution is 0.102. The summed E-state index contributed by atoms with van der Waals surface area (Å²) in [5.41, 5.74) is 9.42. The SMILES string of the molecule is Nc1c(C(=O)Nc2ccc(C(=O)/C=C/c3cccs3)cc2)sc2nc(-c3ccc4c(c3)OCO4)ccc12. The van der Waals surface area contributed by atoms with Crippen molar-refractivity contribution in [1.82, 2.24) is 4.98 Å². The van der Waals surface area contributed by atoms with Crippen molar-refractivity contribution in [2.75, 3.05) is 17.8 Å². The van der Waals surface area contributed by atoms with Crippen molar-refractivity contribution in [3.8, 4) is 22.8 Å². The molecular weight excluding hydrogens is 506 g/mol. The molecule has 3 aromatic heterocycles. The molecule has 0 aliphatic carbocycles. The molecule has 2 aromatic carbocycles. The van der Waals surface area contributed by atoms with Crippen LogP contribution in [0, 0.1) is 0 Å². The Balaban J connectivity index is 1.19. The van der Waals surface area contributed by atoms with E-state index in [0.717, 1.165) is 21.5 Å². The number of nitrogens with zero attached hydrogens (tertiary/aromatic N) is 1. The Morgan fingerprint density at radius 3 is 2.65 bits per heavy atom. The van der Waals surface area contributed by atoms with Gasteiger partial charge in [0.1, 0.15) is 9.71 Å². The maximum atomic E-state index is 13.0. The van der Waals surface area contributed by atoms with Crippen LogP contribution >= 0.6 is 22.7 Å². The van der Waals surface area contributed by atoms with Crippen LogP contribution in [-0.2, 0) is 0 Å². The van der Waals surface area contributed by atoms with Gasteiger partial charge in [0, 0.05) is 27.1 Å². The normalized spacial score (nSPS) is 12.3. The van der Waals surface area contributed by atoms with Gasteiger partial charge in [0.15, 0.2) is 17.3 Å². The Bertz CT molecular complexity index is 1670. The summed E-state index contributed by atoms with van der Waals surface area (Å²) >= 11 is 2.80. The number of hydrogen-bond acceptors (Lipinski definition) is 8. The second kappa shape index (κ2) is 9.53. The molecule has 0 atom stereocenters. The summed E-state index contributed by atoms with van der Waals surface area (Å²) < 4.78 is 10.8. The van der Waals surface area contributed by atoms with Crippen molar-refractivity contribution in [2.45, 2.75) is 0 Å². The van der Waals surface area contributed by atoms with E-state index < -0.39 is 0 Å². The average Bonchev–Trinajstić information content (AvgIpc) is 3.67. The van der Waals surface area contributed by atoms with Gasteiger partial charge in [0.25, 0.3) is 5.91 Å². The second-order valence-corrected chi connectivity index (χ2v) is 10.2. The predicted octanol–water partition coefficient (Wildman–Crippen LogP) is 6.48. The van der Waals surface area contributed by atoms with Gasteiger partial charge < -0.3 is 20.5 Å². The molecule has 0 radical (unpaired) electrons. The van der Waals surface area contributed by atoms with E-state index in [9.17, 15) is 9.59 Å². The fourth-order valence-corrected chi connectivity index (χ4v) is 5.54. The van der Waals surface area contributed by atoms with Crippen LogP contribution in [0.3, 0.4) is 0 Å². The highest BCUT2D eigenvalue weighted by Gasteiger charge is 2.19. The maximum Gasteiger partial charge on any atom is 0.267 e. The molecule has 0 spiro atoms. The monoisotopic (exact) mass is 525 g/mol. The topological polar surface area (TPSA) is 104 Å². The van der Waals surface area contributed by atoms with E-state index in [2.05, 4.69) is 5.32 Å². The van der Waals surface area contributed by atoms with Gasteiger partial charge in [-0.15, -0.1) is 22.7 Å². The number of thiophene rings is 2. The van der Waals surface area contributed by atoms with Gasteiger partial charge in [0.2, 0.25) is 6.79 Å². The Hall–Kier alpha value is -4.47. The number of pyridine rings is 1. The standard InChI is InChI=1S/C28H19N3O4S2/c29-25-20-9-10-21(17-5-12-23-24(14-17)35-15-34-23)31-28(20)37-26(25)27(33)30-18-6-3-16(4-7-18)22(32)11-8-19-2-1-13-36-19/h1-14H,15,29H2,(H,30,33)/b11-8+. The van der Waals surface area contributed by atoms with E-state index in [0.29, 0.717) is 38.1 Å². The lowest BCUT2D eigenvalue weighted by Crippen LogP contribution is -2.12. The van der Waals surface area contributed by atoms with Crippen LogP contribution in [0.5, 0.6) is 11.5 Å². The number of nitrogens with one attached hydrogen (secondary N) is 1. The number of carbonyl (C=O) groups is 2. The van der Waals surface area contributed by atoms with Gasteiger partial charge in [-0.3, -0.25) is 9.59 Å². The highest BCUT2D eigenvalue weighted by atomic mass is 32.1. The molecule has 0 saturated heterocycles. The van der Waals surface area contributed by atoms with E-state index in [-0.39, 0.29) is 18.5 Å². The quantitative estimate of drug-likeness (QED) is 0.194. The minimum Gasteiger partial charge on any atom is -0.454 e.